The minimum atomic E-state index is 0.0119. The van der Waals surface area contributed by atoms with Gasteiger partial charge in [-0.1, -0.05) is 12.8 Å². The van der Waals surface area contributed by atoms with Crippen LogP contribution in [0.15, 0.2) is 0 Å². The second-order valence-corrected chi connectivity index (χ2v) is 5.57. The molecule has 0 bridgehead atoms. The molecule has 1 saturated heterocycles. The van der Waals surface area contributed by atoms with E-state index in [2.05, 4.69) is 21.2 Å². The van der Waals surface area contributed by atoms with Crippen molar-refractivity contribution in [2.24, 2.45) is 0 Å². The maximum Gasteiger partial charge on any atom is 0.0962 e. The van der Waals surface area contributed by atoms with Crippen molar-refractivity contribution in [3.63, 3.8) is 0 Å². The molecule has 0 aromatic carbocycles. The Labute approximate surface area is 111 Å². The molecule has 1 aliphatic heterocycles. The molecule has 0 aromatic rings. The molecule has 1 unspecified atom stereocenters. The van der Waals surface area contributed by atoms with Gasteiger partial charge >= 0.3 is 0 Å². The van der Waals surface area contributed by atoms with Crippen molar-refractivity contribution >= 4 is 0 Å². The first-order chi connectivity index (χ1) is 8.83. The van der Waals surface area contributed by atoms with Gasteiger partial charge in [-0.2, -0.15) is 5.26 Å². The molecular formula is C14H26N4. The Kier molecular flexibility index (Phi) is 5.43. The summed E-state index contributed by atoms with van der Waals surface area (Å²) >= 11 is 0. The summed E-state index contributed by atoms with van der Waals surface area (Å²) < 4.78 is 0. The second kappa shape index (κ2) is 7.08. The van der Waals surface area contributed by atoms with Crippen LogP contribution in [-0.2, 0) is 0 Å². The van der Waals surface area contributed by atoms with Gasteiger partial charge in [-0.05, 0) is 26.3 Å². The Morgan fingerprint density at radius 2 is 1.89 bits per heavy atom. The lowest BCUT2D eigenvalue weighted by molar-refractivity contribution is 0.0963. The largest absolute Gasteiger partial charge is 0.305 e. The van der Waals surface area contributed by atoms with Gasteiger partial charge in [0.2, 0.25) is 0 Å². The Hall–Kier alpha value is -0.630. The van der Waals surface area contributed by atoms with E-state index >= 15 is 0 Å². The molecule has 1 heterocycles. The van der Waals surface area contributed by atoms with E-state index in [0.29, 0.717) is 0 Å². The first-order valence-electron chi connectivity index (χ1n) is 7.37. The lowest BCUT2D eigenvalue weighted by Crippen LogP contribution is -2.50. The van der Waals surface area contributed by atoms with Crippen LogP contribution in [0.5, 0.6) is 0 Å². The summed E-state index contributed by atoms with van der Waals surface area (Å²) in [6.07, 6.45) is 6.62. The van der Waals surface area contributed by atoms with E-state index in [0.717, 1.165) is 19.0 Å². The summed E-state index contributed by atoms with van der Waals surface area (Å²) in [5.74, 6) is 0. The van der Waals surface area contributed by atoms with E-state index < -0.39 is 0 Å². The number of nitrogens with zero attached hydrogens (tertiary/aromatic N) is 3. The quantitative estimate of drug-likeness (QED) is 0.792. The van der Waals surface area contributed by atoms with Crippen LogP contribution in [0.4, 0.5) is 0 Å². The Bertz CT molecular complexity index is 272. The minimum Gasteiger partial charge on any atom is -0.305 e. The van der Waals surface area contributed by atoms with E-state index in [1.807, 2.05) is 7.05 Å². The molecule has 102 valence electrons. The summed E-state index contributed by atoms with van der Waals surface area (Å²) in [5, 5.41) is 11.9. The summed E-state index contributed by atoms with van der Waals surface area (Å²) in [7, 11) is 1.87. The predicted octanol–water partition coefficient (Wildman–Crippen LogP) is 1.05. The lowest BCUT2D eigenvalue weighted by Gasteiger charge is -2.38. The predicted molar refractivity (Wildman–Crippen MR) is 73.3 cm³/mol. The van der Waals surface area contributed by atoms with Crippen LogP contribution in [-0.4, -0.2) is 61.7 Å². The SMILES string of the molecule is CNC(C#N)CCN1CCN(C2CCCC2)CC1. The number of nitrogens with one attached hydrogen (secondary N) is 1. The van der Waals surface area contributed by atoms with Gasteiger partial charge in [-0.3, -0.25) is 4.90 Å². The van der Waals surface area contributed by atoms with Crippen LogP contribution in [0.25, 0.3) is 0 Å². The van der Waals surface area contributed by atoms with Gasteiger partial charge in [-0.15, -0.1) is 0 Å². The first-order valence-corrected chi connectivity index (χ1v) is 7.37. The standard InChI is InChI=1S/C14H26N4/c1-16-13(12-15)6-7-17-8-10-18(11-9-17)14-4-2-3-5-14/h13-14,16H,2-11H2,1H3. The van der Waals surface area contributed by atoms with Gasteiger partial charge in [0, 0.05) is 38.8 Å². The smallest absolute Gasteiger partial charge is 0.0962 e. The highest BCUT2D eigenvalue weighted by Gasteiger charge is 2.25. The van der Waals surface area contributed by atoms with Gasteiger partial charge < -0.3 is 10.2 Å². The highest BCUT2D eigenvalue weighted by molar-refractivity contribution is 4.89. The maximum atomic E-state index is 8.90. The fraction of sp³-hybridized carbons (Fsp3) is 0.929. The van der Waals surface area contributed by atoms with Gasteiger partial charge in [0.05, 0.1) is 12.1 Å². The highest BCUT2D eigenvalue weighted by atomic mass is 15.3. The van der Waals surface area contributed by atoms with Crippen molar-refractivity contribution in [3.8, 4) is 6.07 Å². The molecule has 0 radical (unpaired) electrons. The van der Waals surface area contributed by atoms with E-state index in [1.54, 1.807) is 0 Å². The second-order valence-electron chi connectivity index (χ2n) is 5.57. The fourth-order valence-corrected chi connectivity index (χ4v) is 3.21. The topological polar surface area (TPSA) is 42.3 Å². The van der Waals surface area contributed by atoms with Crippen molar-refractivity contribution in [3.05, 3.63) is 0 Å². The summed E-state index contributed by atoms with van der Waals surface area (Å²) in [4.78, 5) is 5.19. The highest BCUT2D eigenvalue weighted by Crippen LogP contribution is 2.24. The number of piperazine rings is 1. The maximum absolute atomic E-state index is 8.90. The Balaban J connectivity index is 1.65. The van der Waals surface area contributed by atoms with Crippen LogP contribution >= 0.6 is 0 Å². The molecule has 4 nitrogen and oxygen atoms in total. The van der Waals surface area contributed by atoms with Gasteiger partial charge in [-0.25, -0.2) is 0 Å². The van der Waals surface area contributed by atoms with Crippen molar-refractivity contribution < 1.29 is 0 Å². The molecule has 1 aliphatic carbocycles. The van der Waals surface area contributed by atoms with Gasteiger partial charge in [0.1, 0.15) is 0 Å². The van der Waals surface area contributed by atoms with Crippen LogP contribution in [0, 0.1) is 11.3 Å². The fourth-order valence-electron chi connectivity index (χ4n) is 3.21. The van der Waals surface area contributed by atoms with Crippen LogP contribution in [0.3, 0.4) is 0 Å². The molecule has 0 amide bonds. The molecule has 2 fully saturated rings. The van der Waals surface area contributed by atoms with Crippen LogP contribution in [0.2, 0.25) is 0 Å². The van der Waals surface area contributed by atoms with Crippen LogP contribution in [0.1, 0.15) is 32.1 Å². The van der Waals surface area contributed by atoms with E-state index in [4.69, 9.17) is 5.26 Å². The van der Waals surface area contributed by atoms with Crippen LogP contribution < -0.4 is 5.32 Å². The normalized spacial score (nSPS) is 25.1. The molecular weight excluding hydrogens is 224 g/mol. The van der Waals surface area contributed by atoms with Gasteiger partial charge in [0.15, 0.2) is 0 Å². The van der Waals surface area contributed by atoms with E-state index in [1.165, 1.54) is 51.9 Å². The zero-order valence-corrected chi connectivity index (χ0v) is 11.6. The zero-order chi connectivity index (χ0) is 12.8. The molecule has 1 N–H and O–H groups in total. The summed E-state index contributed by atoms with van der Waals surface area (Å²) in [5.41, 5.74) is 0. The van der Waals surface area contributed by atoms with Crippen molar-refractivity contribution in [1.82, 2.24) is 15.1 Å². The third-order valence-corrected chi connectivity index (χ3v) is 4.49. The van der Waals surface area contributed by atoms with Crippen molar-refractivity contribution in [1.29, 1.82) is 5.26 Å². The molecule has 0 aromatic heterocycles. The van der Waals surface area contributed by atoms with E-state index in [-0.39, 0.29) is 6.04 Å². The van der Waals surface area contributed by atoms with Crippen molar-refractivity contribution in [2.75, 3.05) is 39.8 Å². The third kappa shape index (κ3) is 3.68. The molecule has 1 saturated carbocycles. The molecule has 2 aliphatic rings. The summed E-state index contributed by atoms with van der Waals surface area (Å²) in [6.45, 7) is 5.86. The number of hydrogen-bond donors (Lipinski definition) is 1. The molecule has 4 heteroatoms. The minimum absolute atomic E-state index is 0.0119. The third-order valence-electron chi connectivity index (χ3n) is 4.49. The van der Waals surface area contributed by atoms with E-state index in [9.17, 15) is 0 Å². The number of hydrogen-bond acceptors (Lipinski definition) is 4. The average Bonchev–Trinajstić information content (AvgIpc) is 2.94. The zero-order valence-electron chi connectivity index (χ0n) is 11.6. The Morgan fingerprint density at radius 3 is 2.44 bits per heavy atom. The molecule has 1 atom stereocenters. The average molecular weight is 250 g/mol. The lowest BCUT2D eigenvalue weighted by atomic mass is 10.1. The molecule has 18 heavy (non-hydrogen) atoms. The van der Waals surface area contributed by atoms with Gasteiger partial charge in [0.25, 0.3) is 0 Å². The first kappa shape index (κ1) is 13.8. The number of nitriles is 1. The molecule has 2 rings (SSSR count). The molecule has 0 spiro atoms. The summed E-state index contributed by atoms with van der Waals surface area (Å²) in [6, 6.07) is 3.18. The van der Waals surface area contributed by atoms with Crippen molar-refractivity contribution in [2.45, 2.75) is 44.2 Å². The number of rotatable bonds is 5. The Morgan fingerprint density at radius 1 is 1.22 bits per heavy atom. The monoisotopic (exact) mass is 250 g/mol.